The molecule has 1 amide bonds. The van der Waals surface area contributed by atoms with Gasteiger partial charge in [-0.1, -0.05) is 25.1 Å². The molecule has 2 aromatic rings. The molecule has 112 valence electrons. The van der Waals surface area contributed by atoms with E-state index in [9.17, 15) is 9.90 Å². The van der Waals surface area contributed by atoms with Crippen molar-refractivity contribution in [1.82, 2.24) is 5.32 Å². The first kappa shape index (κ1) is 14.5. The Hall–Kier alpha value is -1.39. The van der Waals surface area contributed by atoms with Crippen LogP contribution >= 0.6 is 11.3 Å². The number of aliphatic hydroxyl groups is 1. The van der Waals surface area contributed by atoms with Crippen LogP contribution in [0.3, 0.4) is 0 Å². The van der Waals surface area contributed by atoms with Crippen molar-refractivity contribution >= 4 is 27.3 Å². The first-order valence-corrected chi connectivity index (χ1v) is 8.41. The average Bonchev–Trinajstić information content (AvgIpc) is 2.94. The van der Waals surface area contributed by atoms with Gasteiger partial charge >= 0.3 is 0 Å². The largest absolute Gasteiger partial charge is 0.394 e. The smallest absolute Gasteiger partial charge is 0.253 e. The standard InChI is InChI=1S/C17H21NO2S/c1-12-6-8-17(11-19,9-7-12)18-16(20)14-10-21-15-5-3-2-4-13(14)15/h2-5,10,12,19H,6-9,11H2,1H3,(H,18,20). The molecule has 0 unspecified atom stereocenters. The van der Waals surface area contributed by atoms with Crippen molar-refractivity contribution in [2.24, 2.45) is 5.92 Å². The van der Waals surface area contributed by atoms with Crippen molar-refractivity contribution in [3.8, 4) is 0 Å². The maximum Gasteiger partial charge on any atom is 0.253 e. The Balaban J connectivity index is 1.82. The Morgan fingerprint density at radius 2 is 2.10 bits per heavy atom. The number of rotatable bonds is 3. The van der Waals surface area contributed by atoms with E-state index in [1.807, 2.05) is 29.6 Å². The summed E-state index contributed by atoms with van der Waals surface area (Å²) in [6.45, 7) is 2.25. The third-order valence-corrected chi connectivity index (χ3v) is 5.60. The summed E-state index contributed by atoms with van der Waals surface area (Å²) in [5.74, 6) is 0.625. The molecule has 21 heavy (non-hydrogen) atoms. The fraction of sp³-hybridized carbons (Fsp3) is 0.471. The van der Waals surface area contributed by atoms with Crippen LogP contribution < -0.4 is 5.32 Å². The normalized spacial score (nSPS) is 25.9. The van der Waals surface area contributed by atoms with Crippen LogP contribution in [0.15, 0.2) is 29.6 Å². The first-order valence-electron chi connectivity index (χ1n) is 7.53. The minimum absolute atomic E-state index is 0.0214. The van der Waals surface area contributed by atoms with Crippen LogP contribution in [0.25, 0.3) is 10.1 Å². The summed E-state index contributed by atoms with van der Waals surface area (Å²) in [5.41, 5.74) is 0.286. The molecule has 0 radical (unpaired) electrons. The van der Waals surface area contributed by atoms with E-state index in [1.54, 1.807) is 11.3 Å². The molecule has 1 aromatic heterocycles. The molecule has 3 rings (SSSR count). The van der Waals surface area contributed by atoms with Crippen molar-refractivity contribution in [2.75, 3.05) is 6.61 Å². The highest BCUT2D eigenvalue weighted by atomic mass is 32.1. The average molecular weight is 303 g/mol. The highest BCUT2D eigenvalue weighted by Gasteiger charge is 2.35. The van der Waals surface area contributed by atoms with Gasteiger partial charge in [-0.15, -0.1) is 11.3 Å². The zero-order valence-corrected chi connectivity index (χ0v) is 13.1. The first-order chi connectivity index (χ1) is 10.1. The van der Waals surface area contributed by atoms with E-state index in [2.05, 4.69) is 12.2 Å². The number of fused-ring (bicyclic) bond motifs is 1. The maximum absolute atomic E-state index is 12.6. The van der Waals surface area contributed by atoms with Crippen LogP contribution in [0.4, 0.5) is 0 Å². The number of hydrogen-bond acceptors (Lipinski definition) is 3. The summed E-state index contributed by atoms with van der Waals surface area (Å²) in [6.07, 6.45) is 3.84. The number of nitrogens with one attached hydrogen (secondary N) is 1. The molecular formula is C17H21NO2S. The lowest BCUT2D eigenvalue weighted by atomic mass is 9.77. The van der Waals surface area contributed by atoms with E-state index in [0.29, 0.717) is 5.92 Å². The summed E-state index contributed by atoms with van der Waals surface area (Å²) in [7, 11) is 0. The van der Waals surface area contributed by atoms with Gasteiger partial charge < -0.3 is 10.4 Å². The second kappa shape index (κ2) is 5.78. The Morgan fingerprint density at radius 3 is 2.81 bits per heavy atom. The molecule has 0 saturated heterocycles. The molecule has 1 heterocycles. The summed E-state index contributed by atoms with van der Waals surface area (Å²) in [5, 5.41) is 15.8. The summed E-state index contributed by atoms with van der Waals surface area (Å²) < 4.78 is 1.12. The van der Waals surface area contributed by atoms with Crippen molar-refractivity contribution in [2.45, 2.75) is 38.1 Å². The van der Waals surface area contributed by atoms with Gasteiger partial charge in [-0.25, -0.2) is 0 Å². The summed E-state index contributed by atoms with van der Waals surface area (Å²) in [6, 6.07) is 7.95. The summed E-state index contributed by atoms with van der Waals surface area (Å²) in [4.78, 5) is 12.6. The molecule has 1 aliphatic carbocycles. The van der Waals surface area contributed by atoms with E-state index >= 15 is 0 Å². The highest BCUT2D eigenvalue weighted by Crippen LogP contribution is 2.33. The molecule has 0 spiro atoms. The monoisotopic (exact) mass is 303 g/mol. The predicted octanol–water partition coefficient (Wildman–Crippen LogP) is 3.57. The molecule has 2 N–H and O–H groups in total. The molecule has 1 fully saturated rings. The molecular weight excluding hydrogens is 282 g/mol. The van der Waals surface area contributed by atoms with Gasteiger partial charge in [0.25, 0.3) is 5.91 Å². The van der Waals surface area contributed by atoms with Gasteiger partial charge in [-0.2, -0.15) is 0 Å². The van der Waals surface area contributed by atoms with E-state index in [-0.39, 0.29) is 12.5 Å². The van der Waals surface area contributed by atoms with Gasteiger partial charge in [0, 0.05) is 15.5 Å². The maximum atomic E-state index is 12.6. The Bertz CT molecular complexity index is 641. The third-order valence-electron chi connectivity index (χ3n) is 4.64. The summed E-state index contributed by atoms with van der Waals surface area (Å²) >= 11 is 1.59. The number of thiophene rings is 1. The van der Waals surface area contributed by atoms with Crippen molar-refractivity contribution < 1.29 is 9.90 Å². The zero-order chi connectivity index (χ0) is 14.9. The van der Waals surface area contributed by atoms with Crippen molar-refractivity contribution in [3.05, 3.63) is 35.2 Å². The Labute approximate surface area is 129 Å². The molecule has 0 bridgehead atoms. The van der Waals surface area contributed by atoms with Gasteiger partial charge in [0.1, 0.15) is 0 Å². The third kappa shape index (κ3) is 2.83. The quantitative estimate of drug-likeness (QED) is 0.910. The van der Waals surface area contributed by atoms with Gasteiger partial charge in [-0.05, 0) is 37.7 Å². The molecule has 3 nitrogen and oxygen atoms in total. The van der Waals surface area contributed by atoms with Crippen LogP contribution in [-0.2, 0) is 0 Å². The zero-order valence-electron chi connectivity index (χ0n) is 12.3. The van der Waals surface area contributed by atoms with Crippen molar-refractivity contribution in [3.63, 3.8) is 0 Å². The minimum Gasteiger partial charge on any atom is -0.394 e. The van der Waals surface area contributed by atoms with Crippen LogP contribution in [0, 0.1) is 5.92 Å². The number of benzene rings is 1. The minimum atomic E-state index is -0.438. The van der Waals surface area contributed by atoms with E-state index in [4.69, 9.17) is 0 Å². The molecule has 0 atom stereocenters. The van der Waals surface area contributed by atoms with Gasteiger partial charge in [0.05, 0.1) is 17.7 Å². The number of carbonyl (C=O) groups excluding carboxylic acids is 1. The number of aliphatic hydroxyl groups excluding tert-OH is 1. The lowest BCUT2D eigenvalue weighted by Gasteiger charge is -2.38. The second-order valence-electron chi connectivity index (χ2n) is 6.22. The number of amides is 1. The lowest BCUT2D eigenvalue weighted by molar-refractivity contribution is 0.0719. The van der Waals surface area contributed by atoms with Crippen LogP contribution in [0.1, 0.15) is 43.0 Å². The topological polar surface area (TPSA) is 49.3 Å². The van der Waals surface area contributed by atoms with E-state index in [0.717, 1.165) is 41.3 Å². The Morgan fingerprint density at radius 1 is 1.38 bits per heavy atom. The molecule has 0 aliphatic heterocycles. The molecule has 1 saturated carbocycles. The molecule has 4 heteroatoms. The predicted molar refractivity (Wildman–Crippen MR) is 86.7 cm³/mol. The lowest BCUT2D eigenvalue weighted by Crippen LogP contribution is -2.53. The Kier molecular flexibility index (Phi) is 4.00. The fourth-order valence-electron chi connectivity index (χ4n) is 3.10. The van der Waals surface area contributed by atoms with E-state index in [1.165, 1.54) is 0 Å². The van der Waals surface area contributed by atoms with E-state index < -0.39 is 5.54 Å². The van der Waals surface area contributed by atoms with Crippen molar-refractivity contribution in [1.29, 1.82) is 0 Å². The number of carbonyl (C=O) groups is 1. The molecule has 1 aliphatic rings. The van der Waals surface area contributed by atoms with Gasteiger partial charge in [-0.3, -0.25) is 4.79 Å². The second-order valence-corrected chi connectivity index (χ2v) is 7.13. The fourth-order valence-corrected chi connectivity index (χ4v) is 4.04. The SMILES string of the molecule is CC1CCC(CO)(NC(=O)c2csc3ccccc23)CC1. The van der Waals surface area contributed by atoms with Crippen LogP contribution in [0.5, 0.6) is 0 Å². The number of hydrogen-bond donors (Lipinski definition) is 2. The van der Waals surface area contributed by atoms with Gasteiger partial charge in [0.2, 0.25) is 0 Å². The van der Waals surface area contributed by atoms with Gasteiger partial charge in [0.15, 0.2) is 0 Å². The van der Waals surface area contributed by atoms with Crippen LogP contribution in [0.2, 0.25) is 0 Å². The highest BCUT2D eigenvalue weighted by molar-refractivity contribution is 7.17. The van der Waals surface area contributed by atoms with Crippen LogP contribution in [-0.4, -0.2) is 23.2 Å². The molecule has 1 aromatic carbocycles.